The number of nitrogens with zero attached hydrogens (tertiary/aromatic N) is 1. The largest absolute Gasteiger partial charge is 0.464 e. The Morgan fingerprint density at radius 3 is 2.38 bits per heavy atom. The van der Waals surface area contributed by atoms with E-state index in [-0.39, 0.29) is 12.5 Å². The molecule has 3 atom stereocenters. The van der Waals surface area contributed by atoms with Gasteiger partial charge in [-0.3, -0.25) is 4.90 Å². The molecule has 1 fully saturated rings. The maximum absolute atomic E-state index is 12.8. The minimum atomic E-state index is -0.705. The van der Waals surface area contributed by atoms with Gasteiger partial charge in [-0.15, -0.1) is 0 Å². The highest BCUT2D eigenvalue weighted by Crippen LogP contribution is 2.35. The Morgan fingerprint density at radius 2 is 1.85 bits per heavy atom. The number of rotatable bonds is 5. The van der Waals surface area contributed by atoms with Gasteiger partial charge in [0, 0.05) is 13.0 Å². The molecular formula is C20H29NO5. The topological polar surface area (TPSA) is 65.1 Å². The summed E-state index contributed by atoms with van der Waals surface area (Å²) in [5.41, 5.74) is 0.472. The van der Waals surface area contributed by atoms with Gasteiger partial charge in [0.15, 0.2) is 0 Å². The van der Waals surface area contributed by atoms with E-state index in [9.17, 15) is 9.59 Å². The Hall–Kier alpha value is -2.08. The van der Waals surface area contributed by atoms with E-state index in [1.54, 1.807) is 34.8 Å². The SMILES string of the molecule is CCOC(=O)[C@@H]1C[C@H](Cc2ccccc2)C(OC)N1C(=O)OC(C)(C)C. The van der Waals surface area contributed by atoms with E-state index in [0.717, 1.165) is 5.56 Å². The van der Waals surface area contributed by atoms with Crippen LogP contribution in [-0.4, -0.2) is 48.5 Å². The zero-order valence-electron chi connectivity index (χ0n) is 16.2. The zero-order chi connectivity index (χ0) is 19.3. The van der Waals surface area contributed by atoms with Gasteiger partial charge in [0.2, 0.25) is 0 Å². The first-order valence-corrected chi connectivity index (χ1v) is 9.01. The van der Waals surface area contributed by atoms with Gasteiger partial charge in [-0.2, -0.15) is 0 Å². The molecule has 1 amide bonds. The van der Waals surface area contributed by atoms with E-state index >= 15 is 0 Å². The number of benzene rings is 1. The quantitative estimate of drug-likeness (QED) is 0.750. The predicted molar refractivity (Wildman–Crippen MR) is 97.5 cm³/mol. The Kier molecular flexibility index (Phi) is 6.64. The number of amides is 1. The van der Waals surface area contributed by atoms with E-state index in [1.807, 2.05) is 30.3 Å². The minimum absolute atomic E-state index is 0.0238. The normalized spacial score (nSPS) is 23.0. The zero-order valence-corrected chi connectivity index (χ0v) is 16.2. The average molecular weight is 363 g/mol. The Labute approximate surface area is 155 Å². The highest BCUT2D eigenvalue weighted by Gasteiger charge is 2.49. The van der Waals surface area contributed by atoms with E-state index in [0.29, 0.717) is 12.8 Å². The molecule has 0 spiro atoms. The molecule has 1 aliphatic rings. The van der Waals surface area contributed by atoms with Crippen molar-refractivity contribution in [2.75, 3.05) is 13.7 Å². The fourth-order valence-corrected chi connectivity index (χ4v) is 3.32. The molecule has 1 unspecified atom stereocenters. The summed E-state index contributed by atoms with van der Waals surface area (Å²) in [6, 6.07) is 9.26. The summed E-state index contributed by atoms with van der Waals surface area (Å²) < 4.78 is 16.3. The molecule has 1 aromatic rings. The molecule has 0 radical (unpaired) electrons. The van der Waals surface area contributed by atoms with Crippen LogP contribution in [0.25, 0.3) is 0 Å². The number of carbonyl (C=O) groups excluding carboxylic acids is 2. The van der Waals surface area contributed by atoms with Gasteiger partial charge in [0.05, 0.1) is 6.61 Å². The average Bonchev–Trinajstić information content (AvgIpc) is 2.93. The molecule has 1 aliphatic heterocycles. The second kappa shape index (κ2) is 8.54. The Bertz CT molecular complexity index is 610. The van der Waals surface area contributed by atoms with E-state index in [4.69, 9.17) is 14.2 Å². The van der Waals surface area contributed by atoms with Crippen molar-refractivity contribution in [3.8, 4) is 0 Å². The summed E-state index contributed by atoms with van der Waals surface area (Å²) in [6.07, 6.45) is 0.0810. The van der Waals surface area contributed by atoms with Gasteiger partial charge in [0.1, 0.15) is 17.9 Å². The highest BCUT2D eigenvalue weighted by atomic mass is 16.6. The first-order chi connectivity index (χ1) is 12.3. The third kappa shape index (κ3) is 4.97. The summed E-state index contributed by atoms with van der Waals surface area (Å²) in [5, 5.41) is 0. The van der Waals surface area contributed by atoms with Crippen LogP contribution in [0.3, 0.4) is 0 Å². The van der Waals surface area contributed by atoms with Crippen molar-refractivity contribution in [3.63, 3.8) is 0 Å². The molecule has 6 nitrogen and oxygen atoms in total. The fourth-order valence-electron chi connectivity index (χ4n) is 3.32. The molecule has 0 bridgehead atoms. The summed E-state index contributed by atoms with van der Waals surface area (Å²) in [6.45, 7) is 7.40. The van der Waals surface area contributed by atoms with Crippen molar-refractivity contribution in [3.05, 3.63) is 35.9 Å². The maximum Gasteiger partial charge on any atom is 0.413 e. The number of likely N-dealkylation sites (tertiary alicyclic amines) is 1. The van der Waals surface area contributed by atoms with Crippen molar-refractivity contribution < 1.29 is 23.8 Å². The number of hydrogen-bond donors (Lipinski definition) is 0. The van der Waals surface area contributed by atoms with Crippen LogP contribution in [0.15, 0.2) is 30.3 Å². The molecule has 6 heteroatoms. The Balaban J connectivity index is 2.26. The van der Waals surface area contributed by atoms with Crippen molar-refractivity contribution in [2.24, 2.45) is 5.92 Å². The lowest BCUT2D eigenvalue weighted by molar-refractivity contribution is -0.151. The van der Waals surface area contributed by atoms with Crippen LogP contribution in [-0.2, 0) is 25.4 Å². The summed E-state index contributed by atoms with van der Waals surface area (Å²) in [4.78, 5) is 26.6. The molecule has 26 heavy (non-hydrogen) atoms. The summed E-state index contributed by atoms with van der Waals surface area (Å²) in [5.74, 6) is -0.444. The van der Waals surface area contributed by atoms with Crippen LogP contribution >= 0.6 is 0 Å². The molecular weight excluding hydrogens is 334 g/mol. The number of carbonyl (C=O) groups is 2. The van der Waals surface area contributed by atoms with Crippen molar-refractivity contribution >= 4 is 12.1 Å². The number of methoxy groups -OCH3 is 1. The second-order valence-electron chi connectivity index (χ2n) is 7.47. The van der Waals surface area contributed by atoms with Gasteiger partial charge in [-0.1, -0.05) is 30.3 Å². The standard InChI is InChI=1S/C20H29NO5/c1-6-25-18(22)16-13-15(12-14-10-8-7-9-11-14)17(24-5)21(16)19(23)26-20(2,3)4/h7-11,15-17H,6,12-13H2,1-5H3/t15-,16-,17?/m0/s1. The van der Waals surface area contributed by atoms with Crippen LogP contribution in [0.4, 0.5) is 4.79 Å². The molecule has 1 saturated heterocycles. The molecule has 0 saturated carbocycles. The second-order valence-corrected chi connectivity index (χ2v) is 7.47. The lowest BCUT2D eigenvalue weighted by Gasteiger charge is -2.31. The van der Waals surface area contributed by atoms with Gasteiger partial charge < -0.3 is 14.2 Å². The first-order valence-electron chi connectivity index (χ1n) is 9.01. The smallest absolute Gasteiger partial charge is 0.413 e. The molecule has 0 aromatic heterocycles. The van der Waals surface area contributed by atoms with Crippen LogP contribution < -0.4 is 0 Å². The number of esters is 1. The van der Waals surface area contributed by atoms with Crippen LogP contribution in [0.5, 0.6) is 0 Å². The van der Waals surface area contributed by atoms with Gasteiger partial charge >= 0.3 is 12.1 Å². The molecule has 2 rings (SSSR count). The van der Waals surface area contributed by atoms with Gasteiger partial charge in [-0.25, -0.2) is 9.59 Å². The van der Waals surface area contributed by atoms with E-state index in [1.165, 1.54) is 4.90 Å². The van der Waals surface area contributed by atoms with Crippen molar-refractivity contribution in [1.82, 2.24) is 4.90 Å². The lowest BCUT2D eigenvalue weighted by atomic mass is 9.95. The Morgan fingerprint density at radius 1 is 1.19 bits per heavy atom. The van der Waals surface area contributed by atoms with Gasteiger partial charge in [0.25, 0.3) is 0 Å². The molecule has 144 valence electrons. The van der Waals surface area contributed by atoms with E-state index in [2.05, 4.69) is 0 Å². The number of hydrogen-bond acceptors (Lipinski definition) is 5. The van der Waals surface area contributed by atoms with Crippen molar-refractivity contribution in [2.45, 2.75) is 58.4 Å². The van der Waals surface area contributed by atoms with Crippen molar-refractivity contribution in [1.29, 1.82) is 0 Å². The molecule has 1 aromatic carbocycles. The third-order valence-corrected chi connectivity index (χ3v) is 4.28. The number of ether oxygens (including phenoxy) is 3. The third-order valence-electron chi connectivity index (χ3n) is 4.28. The fraction of sp³-hybridized carbons (Fsp3) is 0.600. The summed E-state index contributed by atoms with van der Waals surface area (Å²) >= 11 is 0. The predicted octanol–water partition coefficient (Wildman–Crippen LogP) is 3.39. The lowest BCUT2D eigenvalue weighted by Crippen LogP contribution is -2.49. The molecule has 0 aliphatic carbocycles. The van der Waals surface area contributed by atoms with E-state index < -0.39 is 29.9 Å². The minimum Gasteiger partial charge on any atom is -0.464 e. The summed E-state index contributed by atoms with van der Waals surface area (Å²) in [7, 11) is 1.55. The molecule has 0 N–H and O–H groups in total. The maximum atomic E-state index is 12.8. The van der Waals surface area contributed by atoms with Crippen LogP contribution in [0, 0.1) is 5.92 Å². The van der Waals surface area contributed by atoms with Crippen LogP contribution in [0.1, 0.15) is 39.7 Å². The highest BCUT2D eigenvalue weighted by molar-refractivity contribution is 5.82. The molecule has 1 heterocycles. The monoisotopic (exact) mass is 363 g/mol. The first kappa shape index (κ1) is 20.2. The van der Waals surface area contributed by atoms with Gasteiger partial charge in [-0.05, 0) is 46.1 Å². The van der Waals surface area contributed by atoms with Crippen LogP contribution in [0.2, 0.25) is 0 Å².